The first-order valence-corrected chi connectivity index (χ1v) is 8.83. The molecule has 0 aliphatic carbocycles. The van der Waals surface area contributed by atoms with Crippen LogP contribution in [0.25, 0.3) is 0 Å². The number of hydrogen-bond acceptors (Lipinski definition) is 4. The van der Waals surface area contributed by atoms with Gasteiger partial charge in [0.25, 0.3) is 0 Å². The molecule has 1 rings (SSSR count). The number of aryl methyl sites for hydroxylation is 1. The van der Waals surface area contributed by atoms with Crippen molar-refractivity contribution >= 4 is 21.9 Å². The van der Waals surface area contributed by atoms with E-state index in [9.17, 15) is 4.79 Å². The Labute approximate surface area is 146 Å². The molecule has 1 N–H and O–H groups in total. The second kappa shape index (κ2) is 10.5. The van der Waals surface area contributed by atoms with Gasteiger partial charge in [-0.15, -0.1) is 0 Å². The number of benzene rings is 1. The van der Waals surface area contributed by atoms with Crippen LogP contribution in [0.2, 0.25) is 0 Å². The van der Waals surface area contributed by atoms with Gasteiger partial charge in [-0.05, 0) is 60.1 Å². The maximum absolute atomic E-state index is 10.7. The highest BCUT2D eigenvalue weighted by atomic mass is 79.9. The Bertz CT molecular complexity index is 504. The first-order chi connectivity index (χ1) is 11.0. The summed E-state index contributed by atoms with van der Waals surface area (Å²) >= 11 is 3.51. The third-order valence-corrected chi connectivity index (χ3v) is 4.13. The smallest absolute Gasteiger partial charge is 0.303 e. The van der Waals surface area contributed by atoms with Gasteiger partial charge in [0, 0.05) is 13.0 Å². The minimum Gasteiger partial charge on any atom is -0.490 e. The Morgan fingerprint density at radius 2 is 1.91 bits per heavy atom. The van der Waals surface area contributed by atoms with E-state index in [1.54, 1.807) is 0 Å². The molecule has 0 radical (unpaired) electrons. The maximum atomic E-state index is 10.7. The Balaban J connectivity index is 2.82. The van der Waals surface area contributed by atoms with Crippen LogP contribution in [-0.4, -0.2) is 48.8 Å². The second-order valence-electron chi connectivity index (χ2n) is 5.11. The summed E-state index contributed by atoms with van der Waals surface area (Å²) < 4.78 is 12.4. The van der Waals surface area contributed by atoms with Gasteiger partial charge in [-0.2, -0.15) is 0 Å². The lowest BCUT2D eigenvalue weighted by Gasteiger charge is -2.20. The fourth-order valence-corrected chi connectivity index (χ4v) is 2.84. The predicted molar refractivity (Wildman–Crippen MR) is 94.6 cm³/mol. The molecule has 0 fully saturated rings. The van der Waals surface area contributed by atoms with Gasteiger partial charge in [-0.3, -0.25) is 4.79 Å². The normalized spacial score (nSPS) is 10.8. The standard InChI is InChI=1S/C17H26BrNO4/c1-4-19(5-2)9-10-23-17-14(18)11-13(7-8-16(20)21)12-15(17)22-6-3/h11-12H,4-10H2,1-3H3,(H,20,21). The first-order valence-electron chi connectivity index (χ1n) is 8.03. The van der Waals surface area contributed by atoms with Gasteiger partial charge in [-0.1, -0.05) is 13.8 Å². The molecule has 0 heterocycles. The van der Waals surface area contributed by atoms with E-state index < -0.39 is 5.97 Å². The van der Waals surface area contributed by atoms with Gasteiger partial charge in [0.15, 0.2) is 11.5 Å². The number of nitrogens with zero attached hydrogens (tertiary/aromatic N) is 1. The summed E-state index contributed by atoms with van der Waals surface area (Å²) in [4.78, 5) is 13.0. The topological polar surface area (TPSA) is 59.0 Å². The molecule has 0 amide bonds. The summed E-state index contributed by atoms with van der Waals surface area (Å²) in [5.41, 5.74) is 0.916. The van der Waals surface area contributed by atoms with Crippen LogP contribution in [0.1, 0.15) is 32.8 Å². The van der Waals surface area contributed by atoms with Crippen LogP contribution in [0.5, 0.6) is 11.5 Å². The van der Waals surface area contributed by atoms with E-state index in [-0.39, 0.29) is 6.42 Å². The van der Waals surface area contributed by atoms with Crippen molar-refractivity contribution < 1.29 is 19.4 Å². The molecule has 0 saturated heterocycles. The van der Waals surface area contributed by atoms with Gasteiger partial charge >= 0.3 is 5.97 Å². The van der Waals surface area contributed by atoms with E-state index in [4.69, 9.17) is 14.6 Å². The van der Waals surface area contributed by atoms with Crippen molar-refractivity contribution in [3.63, 3.8) is 0 Å². The number of hydrogen-bond donors (Lipinski definition) is 1. The molecule has 23 heavy (non-hydrogen) atoms. The van der Waals surface area contributed by atoms with Crippen LogP contribution >= 0.6 is 15.9 Å². The van der Waals surface area contributed by atoms with Crippen LogP contribution in [0.15, 0.2) is 16.6 Å². The zero-order valence-corrected chi connectivity index (χ0v) is 15.7. The number of likely N-dealkylation sites (N-methyl/N-ethyl adjacent to an activating group) is 1. The molecule has 0 bridgehead atoms. The lowest BCUT2D eigenvalue weighted by Crippen LogP contribution is -2.28. The molecule has 0 aromatic heterocycles. The minimum absolute atomic E-state index is 0.0974. The zero-order valence-electron chi connectivity index (χ0n) is 14.1. The number of aliphatic carboxylic acids is 1. The number of rotatable bonds is 11. The van der Waals surface area contributed by atoms with Gasteiger partial charge in [-0.25, -0.2) is 0 Å². The Morgan fingerprint density at radius 1 is 1.22 bits per heavy atom. The van der Waals surface area contributed by atoms with Gasteiger partial charge < -0.3 is 19.5 Å². The van der Waals surface area contributed by atoms with Crippen LogP contribution in [-0.2, 0) is 11.2 Å². The zero-order chi connectivity index (χ0) is 17.2. The van der Waals surface area contributed by atoms with Crippen molar-refractivity contribution in [3.8, 4) is 11.5 Å². The third-order valence-electron chi connectivity index (χ3n) is 3.55. The van der Waals surface area contributed by atoms with Crippen molar-refractivity contribution in [3.05, 3.63) is 22.2 Å². The number of halogens is 1. The quantitative estimate of drug-likeness (QED) is 0.628. The van der Waals surface area contributed by atoms with E-state index in [2.05, 4.69) is 34.7 Å². The summed E-state index contributed by atoms with van der Waals surface area (Å²) in [7, 11) is 0. The highest BCUT2D eigenvalue weighted by molar-refractivity contribution is 9.10. The SMILES string of the molecule is CCOc1cc(CCC(=O)O)cc(Br)c1OCCN(CC)CC. The summed E-state index contributed by atoms with van der Waals surface area (Å²) in [5.74, 6) is 0.526. The van der Waals surface area contributed by atoms with Crippen LogP contribution in [0.4, 0.5) is 0 Å². The molecule has 130 valence electrons. The number of carboxylic acid groups (broad SMARTS) is 1. The first kappa shape index (κ1) is 19.8. The predicted octanol–water partition coefficient (Wildman–Crippen LogP) is 3.59. The van der Waals surface area contributed by atoms with E-state index in [1.165, 1.54) is 0 Å². The molecule has 6 heteroatoms. The summed E-state index contributed by atoms with van der Waals surface area (Å²) in [6, 6.07) is 3.77. The molecule has 5 nitrogen and oxygen atoms in total. The number of ether oxygens (including phenoxy) is 2. The van der Waals surface area contributed by atoms with Crippen molar-refractivity contribution in [1.29, 1.82) is 0 Å². The average molecular weight is 388 g/mol. The molecule has 0 atom stereocenters. The summed E-state index contributed by atoms with van der Waals surface area (Å²) in [6.07, 6.45) is 0.563. The van der Waals surface area contributed by atoms with Crippen LogP contribution < -0.4 is 9.47 Å². The third kappa shape index (κ3) is 6.79. The summed E-state index contributed by atoms with van der Waals surface area (Å²) in [5, 5.41) is 8.81. The molecule has 0 saturated carbocycles. The Hall–Kier alpha value is -1.27. The fraction of sp³-hybridized carbons (Fsp3) is 0.588. The highest BCUT2D eigenvalue weighted by Gasteiger charge is 2.13. The molecule has 0 aliphatic rings. The lowest BCUT2D eigenvalue weighted by atomic mass is 10.1. The molecule has 0 aliphatic heterocycles. The lowest BCUT2D eigenvalue weighted by molar-refractivity contribution is -0.136. The van der Waals surface area contributed by atoms with Crippen LogP contribution in [0.3, 0.4) is 0 Å². The fourth-order valence-electron chi connectivity index (χ4n) is 2.24. The molecular formula is C17H26BrNO4. The number of carboxylic acids is 1. The average Bonchev–Trinajstić information content (AvgIpc) is 2.52. The molecular weight excluding hydrogens is 362 g/mol. The van der Waals surface area contributed by atoms with E-state index in [0.29, 0.717) is 31.1 Å². The number of carbonyl (C=O) groups is 1. The largest absolute Gasteiger partial charge is 0.490 e. The minimum atomic E-state index is -0.807. The molecule has 1 aromatic carbocycles. The molecule has 1 aromatic rings. The van der Waals surface area contributed by atoms with E-state index >= 15 is 0 Å². The van der Waals surface area contributed by atoms with Crippen molar-refractivity contribution in [2.75, 3.05) is 32.8 Å². The maximum Gasteiger partial charge on any atom is 0.303 e. The monoisotopic (exact) mass is 387 g/mol. The van der Waals surface area contributed by atoms with Gasteiger partial charge in [0.05, 0.1) is 11.1 Å². The molecule has 0 spiro atoms. The second-order valence-corrected chi connectivity index (χ2v) is 5.96. The van der Waals surface area contributed by atoms with Crippen LogP contribution in [0, 0.1) is 0 Å². The van der Waals surface area contributed by atoms with Crippen molar-refractivity contribution in [2.24, 2.45) is 0 Å². The Kier molecular flexibility index (Phi) is 9.02. The van der Waals surface area contributed by atoms with Gasteiger partial charge in [0.2, 0.25) is 0 Å². The Morgan fingerprint density at radius 3 is 2.48 bits per heavy atom. The molecule has 0 unspecified atom stereocenters. The van der Waals surface area contributed by atoms with E-state index in [0.717, 1.165) is 29.7 Å². The van der Waals surface area contributed by atoms with Crippen molar-refractivity contribution in [1.82, 2.24) is 4.90 Å². The summed E-state index contributed by atoms with van der Waals surface area (Å²) in [6.45, 7) is 10.1. The van der Waals surface area contributed by atoms with E-state index in [1.807, 2.05) is 19.1 Å². The van der Waals surface area contributed by atoms with Gasteiger partial charge in [0.1, 0.15) is 6.61 Å². The van der Waals surface area contributed by atoms with Crippen molar-refractivity contribution in [2.45, 2.75) is 33.6 Å². The highest BCUT2D eigenvalue weighted by Crippen LogP contribution is 2.37.